The maximum atomic E-state index is 12.8. The normalized spacial score (nSPS) is 16.9. The van der Waals surface area contributed by atoms with Gasteiger partial charge in [-0.05, 0) is 30.7 Å². The molecule has 1 saturated heterocycles. The van der Waals surface area contributed by atoms with Crippen LogP contribution in [-0.4, -0.2) is 41.4 Å². The molecule has 2 rings (SSSR count). The van der Waals surface area contributed by atoms with Crippen LogP contribution in [-0.2, 0) is 9.59 Å². The van der Waals surface area contributed by atoms with Crippen LogP contribution in [0, 0.1) is 0 Å². The number of thiocarbonyl (C=S) groups is 1. The second-order valence-electron chi connectivity index (χ2n) is 5.64. The number of amides is 1. The Labute approximate surface area is 162 Å². The molecule has 1 aliphatic rings. The van der Waals surface area contributed by atoms with Crippen molar-refractivity contribution in [3.05, 3.63) is 28.7 Å². The molecule has 0 spiro atoms. The van der Waals surface area contributed by atoms with Gasteiger partial charge in [-0.2, -0.15) is 0 Å². The van der Waals surface area contributed by atoms with Gasteiger partial charge in [0.05, 0.1) is 31.1 Å². The highest BCUT2D eigenvalue weighted by Crippen LogP contribution is 2.36. The Balaban J connectivity index is 2.36. The van der Waals surface area contributed by atoms with Crippen LogP contribution in [0.1, 0.15) is 31.7 Å². The molecule has 140 valence electrons. The Morgan fingerprint density at radius 3 is 2.69 bits per heavy atom. The minimum absolute atomic E-state index is 0.216. The molecule has 0 radical (unpaired) electrons. The molecule has 1 amide bonds. The van der Waals surface area contributed by atoms with E-state index in [0.717, 1.165) is 23.1 Å². The molecular weight excluding hydrogens is 374 g/mol. The summed E-state index contributed by atoms with van der Waals surface area (Å²) in [5, 5.41) is 11.5. The molecule has 1 aromatic rings. The van der Waals surface area contributed by atoms with Crippen molar-refractivity contribution >= 4 is 46.3 Å². The van der Waals surface area contributed by atoms with E-state index in [1.807, 2.05) is 6.92 Å². The number of ether oxygens (including phenoxy) is 2. The molecular formula is C18H20NO5S2-. The van der Waals surface area contributed by atoms with Crippen molar-refractivity contribution in [2.75, 3.05) is 14.2 Å². The van der Waals surface area contributed by atoms with Gasteiger partial charge >= 0.3 is 0 Å². The lowest BCUT2D eigenvalue weighted by Gasteiger charge is -2.27. The van der Waals surface area contributed by atoms with Crippen LogP contribution in [0.25, 0.3) is 6.08 Å². The summed E-state index contributed by atoms with van der Waals surface area (Å²) in [6, 6.07) is 4.16. The van der Waals surface area contributed by atoms with Crippen molar-refractivity contribution in [2.24, 2.45) is 0 Å². The molecule has 0 saturated carbocycles. The summed E-state index contributed by atoms with van der Waals surface area (Å²) >= 11 is 6.32. The number of carbonyl (C=O) groups excluding carboxylic acids is 2. The van der Waals surface area contributed by atoms with Gasteiger partial charge in [0.2, 0.25) is 0 Å². The fraction of sp³-hybridized carbons (Fsp3) is 0.389. The average molecular weight is 394 g/mol. The van der Waals surface area contributed by atoms with Crippen molar-refractivity contribution in [2.45, 2.75) is 32.2 Å². The lowest BCUT2D eigenvalue weighted by molar-refractivity contribution is -0.310. The summed E-state index contributed by atoms with van der Waals surface area (Å²) < 4.78 is 10.7. The number of carboxylic acids is 1. The van der Waals surface area contributed by atoms with E-state index in [4.69, 9.17) is 21.7 Å². The molecule has 1 aliphatic heterocycles. The van der Waals surface area contributed by atoms with E-state index in [1.54, 1.807) is 31.4 Å². The molecule has 26 heavy (non-hydrogen) atoms. The molecule has 1 aromatic carbocycles. The van der Waals surface area contributed by atoms with E-state index in [0.29, 0.717) is 34.8 Å². The number of carboxylic acid groups (broad SMARTS) is 1. The summed E-state index contributed by atoms with van der Waals surface area (Å²) in [4.78, 5) is 25.8. The predicted octanol–water partition coefficient (Wildman–Crippen LogP) is 2.21. The first-order valence-corrected chi connectivity index (χ1v) is 9.35. The van der Waals surface area contributed by atoms with E-state index in [-0.39, 0.29) is 4.32 Å². The molecule has 6 nitrogen and oxygen atoms in total. The maximum absolute atomic E-state index is 12.8. The number of rotatable bonds is 8. The Morgan fingerprint density at radius 2 is 2.12 bits per heavy atom. The maximum Gasteiger partial charge on any atom is 0.266 e. The highest BCUT2D eigenvalue weighted by molar-refractivity contribution is 8.26. The Morgan fingerprint density at radius 1 is 1.38 bits per heavy atom. The molecule has 8 heteroatoms. The van der Waals surface area contributed by atoms with Crippen molar-refractivity contribution in [3.63, 3.8) is 0 Å². The van der Waals surface area contributed by atoms with Crippen molar-refractivity contribution in [3.8, 4) is 11.5 Å². The smallest absolute Gasteiger partial charge is 0.266 e. The Hall–Kier alpha value is -2.06. The van der Waals surface area contributed by atoms with Gasteiger partial charge in [-0.15, -0.1) is 0 Å². The molecule has 0 aromatic heterocycles. The van der Waals surface area contributed by atoms with E-state index in [1.165, 1.54) is 7.11 Å². The largest absolute Gasteiger partial charge is 0.548 e. The number of hydrogen-bond acceptors (Lipinski definition) is 7. The van der Waals surface area contributed by atoms with Crippen LogP contribution in [0.5, 0.6) is 11.5 Å². The minimum Gasteiger partial charge on any atom is -0.548 e. The minimum atomic E-state index is -1.30. The third kappa shape index (κ3) is 4.37. The van der Waals surface area contributed by atoms with Crippen molar-refractivity contribution in [1.82, 2.24) is 4.90 Å². The van der Waals surface area contributed by atoms with Gasteiger partial charge in [-0.3, -0.25) is 9.69 Å². The molecule has 0 aliphatic carbocycles. The predicted molar refractivity (Wildman–Crippen MR) is 103 cm³/mol. The van der Waals surface area contributed by atoms with Gasteiger partial charge in [0.25, 0.3) is 5.91 Å². The Bertz CT molecular complexity index is 747. The fourth-order valence-electron chi connectivity index (χ4n) is 2.59. The zero-order chi connectivity index (χ0) is 19.3. The summed E-state index contributed by atoms with van der Waals surface area (Å²) in [5.41, 5.74) is 0.644. The number of benzene rings is 1. The third-order valence-electron chi connectivity index (χ3n) is 3.96. The molecule has 0 N–H and O–H groups in total. The van der Waals surface area contributed by atoms with Gasteiger partial charge in [0.15, 0.2) is 0 Å². The van der Waals surface area contributed by atoms with E-state index in [9.17, 15) is 14.7 Å². The summed E-state index contributed by atoms with van der Waals surface area (Å²) in [5.74, 6) is -0.549. The van der Waals surface area contributed by atoms with E-state index < -0.39 is 17.9 Å². The highest BCUT2D eigenvalue weighted by Gasteiger charge is 2.37. The number of thioether (sulfide) groups is 1. The first kappa shape index (κ1) is 20.3. The first-order valence-electron chi connectivity index (χ1n) is 8.12. The van der Waals surface area contributed by atoms with Crippen molar-refractivity contribution < 1.29 is 24.2 Å². The summed E-state index contributed by atoms with van der Waals surface area (Å²) in [6.45, 7) is 1.95. The fourth-order valence-corrected chi connectivity index (χ4v) is 3.94. The van der Waals surface area contributed by atoms with Gasteiger partial charge in [0, 0.05) is 5.56 Å². The number of unbranched alkanes of at least 4 members (excludes halogenated alkanes) is 1. The third-order valence-corrected chi connectivity index (χ3v) is 5.29. The molecule has 0 bridgehead atoms. The number of hydrogen-bond donors (Lipinski definition) is 0. The topological polar surface area (TPSA) is 78.9 Å². The molecule has 1 heterocycles. The van der Waals surface area contributed by atoms with E-state index in [2.05, 4.69) is 0 Å². The molecule has 1 fully saturated rings. The zero-order valence-corrected chi connectivity index (χ0v) is 16.4. The van der Waals surface area contributed by atoms with Gasteiger partial charge in [-0.25, -0.2) is 0 Å². The van der Waals surface area contributed by atoms with Crippen LogP contribution in [0.4, 0.5) is 0 Å². The highest BCUT2D eigenvalue weighted by atomic mass is 32.2. The van der Waals surface area contributed by atoms with Gasteiger partial charge in [-0.1, -0.05) is 43.7 Å². The number of aliphatic carboxylic acids is 1. The Kier molecular flexibility index (Phi) is 7.05. The second kappa shape index (κ2) is 9.05. The van der Waals surface area contributed by atoms with E-state index >= 15 is 0 Å². The quantitative estimate of drug-likeness (QED) is 0.494. The van der Waals surface area contributed by atoms with Crippen LogP contribution in [0.15, 0.2) is 23.1 Å². The SMILES string of the molecule is CCCC[C@@H](C(=O)[O-])N1C(=O)/C(=C/c2cc(OC)ccc2OC)SC1=S. The van der Waals surface area contributed by atoms with Crippen LogP contribution < -0.4 is 14.6 Å². The number of carbonyl (C=O) groups is 2. The zero-order valence-electron chi connectivity index (χ0n) is 14.8. The van der Waals surface area contributed by atoms with Gasteiger partial charge in [0.1, 0.15) is 15.8 Å². The van der Waals surface area contributed by atoms with Gasteiger partial charge < -0.3 is 19.4 Å². The summed E-state index contributed by atoms with van der Waals surface area (Å²) in [6.07, 6.45) is 3.42. The molecule has 1 atom stereocenters. The lowest BCUT2D eigenvalue weighted by Crippen LogP contribution is -2.49. The first-order chi connectivity index (χ1) is 12.4. The number of nitrogens with zero attached hydrogens (tertiary/aromatic N) is 1. The number of methoxy groups -OCH3 is 2. The van der Waals surface area contributed by atoms with Crippen LogP contribution in [0.3, 0.4) is 0 Å². The monoisotopic (exact) mass is 394 g/mol. The summed E-state index contributed by atoms with van der Waals surface area (Å²) in [7, 11) is 3.07. The molecule has 0 unspecified atom stereocenters. The lowest BCUT2D eigenvalue weighted by atomic mass is 10.1. The average Bonchev–Trinajstić information content (AvgIpc) is 2.89. The van der Waals surface area contributed by atoms with Crippen molar-refractivity contribution in [1.29, 1.82) is 0 Å². The van der Waals surface area contributed by atoms with Crippen LogP contribution in [0.2, 0.25) is 0 Å². The second-order valence-corrected chi connectivity index (χ2v) is 7.31. The van der Waals surface area contributed by atoms with Crippen LogP contribution >= 0.6 is 24.0 Å². The standard InChI is InChI=1S/C18H21NO5S2/c1-4-5-6-13(17(21)22)19-16(20)15(26-18(19)25)10-11-9-12(23-2)7-8-14(11)24-3/h7-10,13H,4-6H2,1-3H3,(H,21,22)/p-1/b15-10-/t13-/m0/s1.